The number of rotatable bonds is 0. The molecule has 0 aromatic heterocycles. The number of benzene rings is 2. The fraction of sp³-hybridized carbons (Fsp3) is 0.333. The van der Waals surface area contributed by atoms with E-state index in [1.165, 1.54) is 29.5 Å². The van der Waals surface area contributed by atoms with E-state index in [0.29, 0.717) is 0 Å². The second-order valence-electron chi connectivity index (χ2n) is 5.93. The van der Waals surface area contributed by atoms with E-state index < -0.39 is 0 Å². The lowest BCUT2D eigenvalue weighted by molar-refractivity contribution is 0.369. The van der Waals surface area contributed by atoms with Gasteiger partial charge in [-0.05, 0) is 55.1 Å². The molecule has 96 valence electrons. The molecule has 0 amide bonds. The summed E-state index contributed by atoms with van der Waals surface area (Å²) in [5.41, 5.74) is 7.68. The average molecular weight is 249 g/mol. The highest BCUT2D eigenvalue weighted by atomic mass is 14.9. The van der Waals surface area contributed by atoms with Gasteiger partial charge in [-0.2, -0.15) is 0 Å². The SMILES string of the molecule is Cc1ccc2c(c1)C1(CCNCC1)c1ccccc1-2. The van der Waals surface area contributed by atoms with Crippen molar-refractivity contribution in [1.29, 1.82) is 0 Å². The van der Waals surface area contributed by atoms with E-state index in [-0.39, 0.29) is 5.41 Å². The first-order chi connectivity index (χ1) is 9.31. The highest BCUT2D eigenvalue weighted by Crippen LogP contribution is 2.53. The third-order valence-electron chi connectivity index (χ3n) is 4.88. The standard InChI is InChI=1S/C18H19N/c1-13-6-7-15-14-4-2-3-5-16(14)18(17(15)12-13)8-10-19-11-9-18/h2-7,12,19H,8-11H2,1H3. The van der Waals surface area contributed by atoms with Crippen LogP contribution in [0.15, 0.2) is 42.5 Å². The summed E-state index contributed by atoms with van der Waals surface area (Å²) in [4.78, 5) is 0. The van der Waals surface area contributed by atoms with Crippen LogP contribution < -0.4 is 5.32 Å². The molecule has 19 heavy (non-hydrogen) atoms. The third kappa shape index (κ3) is 1.45. The van der Waals surface area contributed by atoms with Gasteiger partial charge in [0.25, 0.3) is 0 Å². The van der Waals surface area contributed by atoms with Gasteiger partial charge in [0.2, 0.25) is 0 Å². The van der Waals surface area contributed by atoms with Gasteiger partial charge >= 0.3 is 0 Å². The van der Waals surface area contributed by atoms with Crippen LogP contribution in [-0.2, 0) is 5.41 Å². The summed E-state index contributed by atoms with van der Waals surface area (Å²) in [6.45, 7) is 4.46. The summed E-state index contributed by atoms with van der Waals surface area (Å²) in [5, 5.41) is 3.51. The van der Waals surface area contributed by atoms with Gasteiger partial charge < -0.3 is 5.32 Å². The van der Waals surface area contributed by atoms with Crippen LogP contribution >= 0.6 is 0 Å². The maximum atomic E-state index is 3.51. The van der Waals surface area contributed by atoms with Crippen LogP contribution in [0.2, 0.25) is 0 Å². The van der Waals surface area contributed by atoms with Gasteiger partial charge in [-0.3, -0.25) is 0 Å². The van der Waals surface area contributed by atoms with E-state index in [4.69, 9.17) is 0 Å². The molecule has 0 atom stereocenters. The molecular weight excluding hydrogens is 230 g/mol. The molecule has 2 aliphatic rings. The van der Waals surface area contributed by atoms with Crippen molar-refractivity contribution in [1.82, 2.24) is 5.32 Å². The van der Waals surface area contributed by atoms with E-state index in [9.17, 15) is 0 Å². The molecule has 1 aliphatic carbocycles. The normalized spacial score (nSPS) is 19.2. The van der Waals surface area contributed by atoms with E-state index >= 15 is 0 Å². The zero-order valence-corrected chi connectivity index (χ0v) is 11.4. The van der Waals surface area contributed by atoms with Crippen LogP contribution in [0.25, 0.3) is 11.1 Å². The van der Waals surface area contributed by atoms with Crippen molar-refractivity contribution in [3.05, 3.63) is 59.2 Å². The van der Waals surface area contributed by atoms with Crippen LogP contribution in [0.4, 0.5) is 0 Å². The lowest BCUT2D eigenvalue weighted by atomic mass is 9.71. The highest BCUT2D eigenvalue weighted by Gasteiger charge is 2.43. The zero-order valence-electron chi connectivity index (χ0n) is 11.4. The van der Waals surface area contributed by atoms with Crippen LogP contribution in [0, 0.1) is 6.92 Å². The predicted octanol–water partition coefficient (Wildman–Crippen LogP) is 3.64. The Labute approximate surface area is 114 Å². The molecule has 1 heteroatoms. The van der Waals surface area contributed by atoms with Crippen molar-refractivity contribution < 1.29 is 0 Å². The summed E-state index contributed by atoms with van der Waals surface area (Å²) < 4.78 is 0. The van der Waals surface area contributed by atoms with Crippen LogP contribution in [0.5, 0.6) is 0 Å². The summed E-state index contributed by atoms with van der Waals surface area (Å²) in [7, 11) is 0. The zero-order chi connectivity index (χ0) is 12.9. The Morgan fingerprint density at radius 3 is 2.47 bits per heavy atom. The maximum absolute atomic E-state index is 3.51. The maximum Gasteiger partial charge on any atom is 0.0239 e. The first-order valence-corrected chi connectivity index (χ1v) is 7.23. The minimum Gasteiger partial charge on any atom is -0.317 e. The fourth-order valence-corrected chi connectivity index (χ4v) is 3.96. The Morgan fingerprint density at radius 2 is 1.63 bits per heavy atom. The summed E-state index contributed by atoms with van der Waals surface area (Å²) in [5.74, 6) is 0. The molecular formula is C18H19N. The number of fused-ring (bicyclic) bond motifs is 5. The molecule has 1 N–H and O–H groups in total. The van der Waals surface area contributed by atoms with Gasteiger partial charge in [-0.15, -0.1) is 0 Å². The molecule has 1 spiro atoms. The number of aryl methyl sites for hydroxylation is 1. The van der Waals surface area contributed by atoms with E-state index in [0.717, 1.165) is 13.1 Å². The molecule has 0 bridgehead atoms. The summed E-state index contributed by atoms with van der Waals surface area (Å²) in [6.07, 6.45) is 2.45. The van der Waals surface area contributed by atoms with Gasteiger partial charge in [0.1, 0.15) is 0 Å². The van der Waals surface area contributed by atoms with E-state index in [1.807, 2.05) is 0 Å². The molecule has 2 aromatic rings. The molecule has 1 fully saturated rings. The Morgan fingerprint density at radius 1 is 0.895 bits per heavy atom. The smallest absolute Gasteiger partial charge is 0.0239 e. The number of hydrogen-bond acceptors (Lipinski definition) is 1. The molecule has 2 aromatic carbocycles. The van der Waals surface area contributed by atoms with Crippen molar-refractivity contribution in [3.8, 4) is 11.1 Å². The molecule has 0 unspecified atom stereocenters. The van der Waals surface area contributed by atoms with Crippen molar-refractivity contribution in [2.45, 2.75) is 25.2 Å². The minimum atomic E-state index is 0.267. The molecule has 0 saturated carbocycles. The summed E-state index contributed by atoms with van der Waals surface area (Å²) in [6, 6.07) is 16.0. The third-order valence-corrected chi connectivity index (χ3v) is 4.88. The van der Waals surface area contributed by atoms with E-state index in [1.54, 1.807) is 11.1 Å². The number of piperidine rings is 1. The number of nitrogens with one attached hydrogen (secondary N) is 1. The summed E-state index contributed by atoms with van der Waals surface area (Å²) >= 11 is 0. The predicted molar refractivity (Wildman–Crippen MR) is 79.5 cm³/mol. The topological polar surface area (TPSA) is 12.0 Å². The minimum absolute atomic E-state index is 0.267. The van der Waals surface area contributed by atoms with E-state index in [2.05, 4.69) is 54.7 Å². The lowest BCUT2D eigenvalue weighted by Gasteiger charge is -2.36. The Hall–Kier alpha value is -1.60. The Kier molecular flexibility index (Phi) is 2.33. The van der Waals surface area contributed by atoms with Crippen molar-refractivity contribution in [2.24, 2.45) is 0 Å². The molecule has 1 saturated heterocycles. The van der Waals surface area contributed by atoms with Crippen LogP contribution in [0.1, 0.15) is 29.5 Å². The largest absolute Gasteiger partial charge is 0.317 e. The molecule has 1 nitrogen and oxygen atoms in total. The number of hydrogen-bond donors (Lipinski definition) is 1. The highest BCUT2D eigenvalue weighted by molar-refractivity contribution is 5.81. The Bertz CT molecular complexity index is 636. The first-order valence-electron chi connectivity index (χ1n) is 7.23. The quantitative estimate of drug-likeness (QED) is 0.751. The van der Waals surface area contributed by atoms with Gasteiger partial charge in [0, 0.05) is 5.41 Å². The monoisotopic (exact) mass is 249 g/mol. The second kappa shape index (κ2) is 3.94. The fourth-order valence-electron chi connectivity index (χ4n) is 3.96. The van der Waals surface area contributed by atoms with Gasteiger partial charge in [0.15, 0.2) is 0 Å². The van der Waals surface area contributed by atoms with Crippen molar-refractivity contribution >= 4 is 0 Å². The van der Waals surface area contributed by atoms with Gasteiger partial charge in [0.05, 0.1) is 0 Å². The second-order valence-corrected chi connectivity index (χ2v) is 5.93. The first kappa shape index (κ1) is 11.2. The van der Waals surface area contributed by atoms with Crippen LogP contribution in [-0.4, -0.2) is 13.1 Å². The van der Waals surface area contributed by atoms with Crippen molar-refractivity contribution in [2.75, 3.05) is 13.1 Å². The average Bonchev–Trinajstić information content (AvgIpc) is 2.71. The van der Waals surface area contributed by atoms with Crippen molar-refractivity contribution in [3.63, 3.8) is 0 Å². The molecule has 0 radical (unpaired) electrons. The molecule has 1 aliphatic heterocycles. The molecule has 1 heterocycles. The van der Waals surface area contributed by atoms with Crippen LogP contribution in [0.3, 0.4) is 0 Å². The molecule has 4 rings (SSSR count). The van der Waals surface area contributed by atoms with Gasteiger partial charge in [-0.25, -0.2) is 0 Å². The lowest BCUT2D eigenvalue weighted by Crippen LogP contribution is -2.39. The van der Waals surface area contributed by atoms with Gasteiger partial charge in [-0.1, -0.05) is 48.0 Å². The Balaban J connectivity index is 2.03.